The van der Waals surface area contributed by atoms with E-state index in [0.717, 1.165) is 23.2 Å². The van der Waals surface area contributed by atoms with E-state index >= 15 is 0 Å². The van der Waals surface area contributed by atoms with E-state index in [1.165, 1.54) is 11.1 Å². The molecule has 0 radical (unpaired) electrons. The number of rotatable bonds is 6. The van der Waals surface area contributed by atoms with Gasteiger partial charge in [0.05, 0.1) is 0 Å². The van der Waals surface area contributed by atoms with Crippen LogP contribution in [0, 0.1) is 13.8 Å². The van der Waals surface area contributed by atoms with E-state index in [4.69, 9.17) is 0 Å². The largest absolute Gasteiger partial charge is 0.347 e. The third kappa shape index (κ3) is 4.70. The Morgan fingerprint density at radius 3 is 2.56 bits per heavy atom. The predicted molar refractivity (Wildman–Crippen MR) is 108 cm³/mol. The van der Waals surface area contributed by atoms with Gasteiger partial charge in [0.2, 0.25) is 5.95 Å². The summed E-state index contributed by atoms with van der Waals surface area (Å²) in [5.74, 6) is 0.198. The van der Waals surface area contributed by atoms with Gasteiger partial charge >= 0.3 is 0 Å². The van der Waals surface area contributed by atoms with Gasteiger partial charge in [-0.3, -0.25) is 4.79 Å². The van der Waals surface area contributed by atoms with Crippen molar-refractivity contribution in [3.8, 4) is 0 Å². The van der Waals surface area contributed by atoms with Crippen LogP contribution < -0.4 is 10.6 Å². The first kappa shape index (κ1) is 18.6. The Bertz CT molecular complexity index is 935. The zero-order chi connectivity index (χ0) is 19.2. The topological polar surface area (TPSA) is 66.9 Å². The smallest absolute Gasteiger partial charge is 0.270 e. The minimum absolute atomic E-state index is 0.221. The molecule has 1 aromatic heterocycles. The Kier molecular flexibility index (Phi) is 5.81. The first-order valence-electron chi connectivity index (χ1n) is 9.09. The molecule has 0 aliphatic carbocycles. The molecular formula is C22H24N4O. The fourth-order valence-corrected chi connectivity index (χ4v) is 2.84. The van der Waals surface area contributed by atoms with Crippen LogP contribution in [0.3, 0.4) is 0 Å². The summed E-state index contributed by atoms with van der Waals surface area (Å²) in [5, 5.41) is 6.17. The van der Waals surface area contributed by atoms with Crippen molar-refractivity contribution in [1.82, 2.24) is 15.3 Å². The van der Waals surface area contributed by atoms with Crippen LogP contribution in [0.2, 0.25) is 0 Å². The van der Waals surface area contributed by atoms with Crippen molar-refractivity contribution in [3.05, 3.63) is 82.7 Å². The summed E-state index contributed by atoms with van der Waals surface area (Å²) in [6.45, 7) is 6.65. The van der Waals surface area contributed by atoms with Crippen molar-refractivity contribution in [2.24, 2.45) is 0 Å². The second kappa shape index (κ2) is 8.45. The number of para-hydroxylation sites is 1. The molecule has 138 valence electrons. The van der Waals surface area contributed by atoms with Crippen LogP contribution >= 0.6 is 0 Å². The molecule has 5 nitrogen and oxygen atoms in total. The molecule has 5 heteroatoms. The number of hydrogen-bond donors (Lipinski definition) is 2. The maximum absolute atomic E-state index is 12.5. The molecule has 0 aliphatic rings. The highest BCUT2D eigenvalue weighted by Gasteiger charge is 2.11. The molecule has 0 saturated heterocycles. The van der Waals surface area contributed by atoms with Gasteiger partial charge in [-0.2, -0.15) is 0 Å². The van der Waals surface area contributed by atoms with Gasteiger partial charge in [0.25, 0.3) is 5.91 Å². The van der Waals surface area contributed by atoms with E-state index in [1.807, 2.05) is 50.2 Å². The Morgan fingerprint density at radius 2 is 1.81 bits per heavy atom. The molecule has 0 unspecified atom stereocenters. The van der Waals surface area contributed by atoms with Gasteiger partial charge in [0.1, 0.15) is 5.69 Å². The van der Waals surface area contributed by atoms with Gasteiger partial charge in [-0.1, -0.05) is 55.0 Å². The molecule has 2 N–H and O–H groups in total. The van der Waals surface area contributed by atoms with Crippen molar-refractivity contribution in [1.29, 1.82) is 0 Å². The number of aromatic nitrogens is 2. The third-order valence-corrected chi connectivity index (χ3v) is 4.44. The molecule has 1 heterocycles. The zero-order valence-corrected chi connectivity index (χ0v) is 15.9. The summed E-state index contributed by atoms with van der Waals surface area (Å²) < 4.78 is 0. The SMILES string of the molecule is CCc1cccc(C)c1Nc1nccc(C(=O)NCc2ccc(C)cc2)n1. The highest BCUT2D eigenvalue weighted by molar-refractivity contribution is 5.92. The van der Waals surface area contributed by atoms with Crippen molar-refractivity contribution < 1.29 is 4.79 Å². The molecule has 1 amide bonds. The Hall–Kier alpha value is -3.21. The first-order valence-corrected chi connectivity index (χ1v) is 9.09. The van der Waals surface area contributed by atoms with Crippen molar-refractivity contribution in [2.45, 2.75) is 33.7 Å². The monoisotopic (exact) mass is 360 g/mol. The van der Waals surface area contributed by atoms with Gasteiger partial charge in [0, 0.05) is 18.4 Å². The Balaban J connectivity index is 1.71. The molecule has 3 rings (SSSR count). The average Bonchev–Trinajstić information content (AvgIpc) is 2.69. The van der Waals surface area contributed by atoms with Gasteiger partial charge < -0.3 is 10.6 Å². The number of anilines is 2. The molecule has 2 aromatic carbocycles. The van der Waals surface area contributed by atoms with E-state index in [0.29, 0.717) is 18.2 Å². The zero-order valence-electron chi connectivity index (χ0n) is 15.9. The van der Waals surface area contributed by atoms with E-state index in [9.17, 15) is 4.79 Å². The molecule has 0 bridgehead atoms. The van der Waals surface area contributed by atoms with E-state index in [2.05, 4.69) is 33.6 Å². The number of nitrogens with zero attached hydrogens (tertiary/aromatic N) is 2. The van der Waals surface area contributed by atoms with Crippen LogP contribution in [-0.2, 0) is 13.0 Å². The number of carbonyl (C=O) groups excluding carboxylic acids is 1. The molecule has 0 aliphatic heterocycles. The van der Waals surface area contributed by atoms with Gasteiger partial charge in [-0.15, -0.1) is 0 Å². The van der Waals surface area contributed by atoms with E-state index < -0.39 is 0 Å². The number of carbonyl (C=O) groups is 1. The van der Waals surface area contributed by atoms with Crippen molar-refractivity contribution in [3.63, 3.8) is 0 Å². The maximum atomic E-state index is 12.5. The van der Waals surface area contributed by atoms with Crippen molar-refractivity contribution in [2.75, 3.05) is 5.32 Å². The van der Waals surface area contributed by atoms with Crippen LogP contribution in [0.15, 0.2) is 54.7 Å². The van der Waals surface area contributed by atoms with Crippen LogP contribution in [0.25, 0.3) is 0 Å². The van der Waals surface area contributed by atoms with Crippen molar-refractivity contribution >= 4 is 17.5 Å². The summed E-state index contributed by atoms with van der Waals surface area (Å²) in [4.78, 5) is 21.1. The highest BCUT2D eigenvalue weighted by atomic mass is 16.1. The van der Waals surface area contributed by atoms with E-state index in [1.54, 1.807) is 12.3 Å². The number of amides is 1. The second-order valence-electron chi connectivity index (χ2n) is 6.52. The second-order valence-corrected chi connectivity index (χ2v) is 6.52. The van der Waals surface area contributed by atoms with E-state index in [-0.39, 0.29) is 5.91 Å². The third-order valence-electron chi connectivity index (χ3n) is 4.44. The lowest BCUT2D eigenvalue weighted by Gasteiger charge is -2.13. The summed E-state index contributed by atoms with van der Waals surface area (Å²) in [6.07, 6.45) is 2.50. The number of hydrogen-bond acceptors (Lipinski definition) is 4. The number of aryl methyl sites for hydroxylation is 3. The van der Waals surface area contributed by atoms with Gasteiger partial charge in [0.15, 0.2) is 0 Å². The Labute approximate surface area is 159 Å². The number of nitrogens with one attached hydrogen (secondary N) is 2. The van der Waals surface area contributed by atoms with Crippen LogP contribution in [0.1, 0.15) is 39.7 Å². The summed E-state index contributed by atoms with van der Waals surface area (Å²) in [5.41, 5.74) is 5.89. The van der Waals surface area contributed by atoms with Crippen LogP contribution in [0.4, 0.5) is 11.6 Å². The standard InChI is InChI=1S/C22H24N4O/c1-4-18-7-5-6-16(3)20(18)26-22-23-13-12-19(25-22)21(27)24-14-17-10-8-15(2)9-11-17/h5-13H,4,14H2,1-3H3,(H,24,27)(H,23,25,26). The summed E-state index contributed by atoms with van der Waals surface area (Å²) in [6, 6.07) is 15.8. The average molecular weight is 360 g/mol. The molecular weight excluding hydrogens is 336 g/mol. The summed E-state index contributed by atoms with van der Waals surface area (Å²) >= 11 is 0. The molecule has 0 atom stereocenters. The quantitative estimate of drug-likeness (QED) is 0.687. The highest BCUT2D eigenvalue weighted by Crippen LogP contribution is 2.23. The molecule has 0 saturated carbocycles. The summed E-state index contributed by atoms with van der Waals surface area (Å²) in [7, 11) is 0. The fraction of sp³-hybridized carbons (Fsp3) is 0.227. The molecule has 3 aromatic rings. The van der Waals surface area contributed by atoms with Crippen LogP contribution in [0.5, 0.6) is 0 Å². The minimum Gasteiger partial charge on any atom is -0.347 e. The molecule has 0 spiro atoms. The van der Waals surface area contributed by atoms with Crippen LogP contribution in [-0.4, -0.2) is 15.9 Å². The fourth-order valence-electron chi connectivity index (χ4n) is 2.84. The minimum atomic E-state index is -0.221. The molecule has 0 fully saturated rings. The molecule has 27 heavy (non-hydrogen) atoms. The first-order chi connectivity index (χ1) is 13.1. The predicted octanol–water partition coefficient (Wildman–Crippen LogP) is 4.33. The lowest BCUT2D eigenvalue weighted by molar-refractivity contribution is 0.0946. The number of benzene rings is 2. The van der Waals surface area contributed by atoms with Gasteiger partial charge in [-0.05, 0) is 43.0 Å². The lowest BCUT2D eigenvalue weighted by atomic mass is 10.1. The lowest BCUT2D eigenvalue weighted by Crippen LogP contribution is -2.24. The normalized spacial score (nSPS) is 10.5. The van der Waals surface area contributed by atoms with Gasteiger partial charge in [-0.25, -0.2) is 9.97 Å². The maximum Gasteiger partial charge on any atom is 0.270 e. The Morgan fingerprint density at radius 1 is 1.04 bits per heavy atom.